The monoisotopic (exact) mass is 195 g/mol. The molecule has 0 fully saturated rings. The minimum atomic E-state index is -0.661. The Morgan fingerprint density at radius 1 is 1.43 bits per heavy atom. The average Bonchev–Trinajstić information content (AvgIpc) is 2.18. The highest BCUT2D eigenvalue weighted by Crippen LogP contribution is 2.29. The van der Waals surface area contributed by atoms with Crippen LogP contribution in [0.4, 0.5) is 0 Å². The van der Waals surface area contributed by atoms with Crippen molar-refractivity contribution in [3.8, 4) is 5.75 Å². The van der Waals surface area contributed by atoms with Crippen LogP contribution in [0.3, 0.4) is 0 Å². The molecule has 0 radical (unpaired) electrons. The Morgan fingerprint density at radius 3 is 2.71 bits per heavy atom. The first kappa shape index (κ1) is 11.0. The molecule has 78 valence electrons. The number of rotatable bonds is 4. The van der Waals surface area contributed by atoms with E-state index in [0.29, 0.717) is 18.5 Å². The first-order valence-corrected chi connectivity index (χ1v) is 4.89. The van der Waals surface area contributed by atoms with E-state index in [-0.39, 0.29) is 5.75 Å². The lowest BCUT2D eigenvalue weighted by Crippen LogP contribution is -2.07. The van der Waals surface area contributed by atoms with Crippen LogP contribution in [0, 0.1) is 0 Å². The van der Waals surface area contributed by atoms with Crippen molar-refractivity contribution in [3.63, 3.8) is 0 Å². The summed E-state index contributed by atoms with van der Waals surface area (Å²) in [4.78, 5) is 0. The largest absolute Gasteiger partial charge is 0.507 e. The standard InChI is InChI=1S/C11H17NO2/c1-2-8-4-3-5-9(11(8)14)10(13)6-7-12/h3-5,10,13-14H,2,6-7,12H2,1H3. The number of hydrogen-bond donors (Lipinski definition) is 3. The Labute approximate surface area is 84.2 Å². The predicted octanol–water partition coefficient (Wildman–Crippen LogP) is 1.34. The van der Waals surface area contributed by atoms with Gasteiger partial charge in [0.1, 0.15) is 5.75 Å². The second-order valence-corrected chi connectivity index (χ2v) is 3.30. The topological polar surface area (TPSA) is 66.5 Å². The van der Waals surface area contributed by atoms with Gasteiger partial charge in [0.2, 0.25) is 0 Å². The fourth-order valence-electron chi connectivity index (χ4n) is 1.48. The molecular formula is C11H17NO2. The number of phenolic OH excluding ortho intramolecular Hbond substituents is 1. The number of benzene rings is 1. The van der Waals surface area contributed by atoms with Gasteiger partial charge in [0.25, 0.3) is 0 Å². The summed E-state index contributed by atoms with van der Waals surface area (Å²) in [5.74, 6) is 0.205. The normalized spacial score (nSPS) is 12.8. The van der Waals surface area contributed by atoms with Crippen molar-refractivity contribution in [3.05, 3.63) is 29.3 Å². The number of hydrogen-bond acceptors (Lipinski definition) is 3. The Kier molecular flexibility index (Phi) is 3.92. The number of aliphatic hydroxyl groups excluding tert-OH is 1. The lowest BCUT2D eigenvalue weighted by molar-refractivity contribution is 0.166. The van der Waals surface area contributed by atoms with Gasteiger partial charge in [0.15, 0.2) is 0 Å². The second-order valence-electron chi connectivity index (χ2n) is 3.30. The van der Waals surface area contributed by atoms with Crippen LogP contribution >= 0.6 is 0 Å². The number of aryl methyl sites for hydroxylation is 1. The molecule has 0 spiro atoms. The summed E-state index contributed by atoms with van der Waals surface area (Å²) >= 11 is 0. The minimum absolute atomic E-state index is 0.205. The quantitative estimate of drug-likeness (QED) is 0.679. The summed E-state index contributed by atoms with van der Waals surface area (Å²) in [6.45, 7) is 2.38. The van der Waals surface area contributed by atoms with E-state index in [1.165, 1.54) is 0 Å². The minimum Gasteiger partial charge on any atom is -0.507 e. The zero-order chi connectivity index (χ0) is 10.6. The zero-order valence-corrected chi connectivity index (χ0v) is 8.40. The molecule has 1 unspecified atom stereocenters. The summed E-state index contributed by atoms with van der Waals surface area (Å²) in [6.07, 6.45) is 0.571. The summed E-state index contributed by atoms with van der Waals surface area (Å²) in [5, 5.41) is 19.5. The number of phenols is 1. The van der Waals surface area contributed by atoms with Crippen molar-refractivity contribution >= 4 is 0 Å². The Balaban J connectivity index is 2.96. The molecular weight excluding hydrogens is 178 g/mol. The highest BCUT2D eigenvalue weighted by Gasteiger charge is 2.12. The van der Waals surface area contributed by atoms with Crippen LogP contribution in [0.15, 0.2) is 18.2 Å². The molecule has 1 rings (SSSR count). The third-order valence-electron chi connectivity index (χ3n) is 2.33. The van der Waals surface area contributed by atoms with Gasteiger partial charge in [0, 0.05) is 5.56 Å². The van der Waals surface area contributed by atoms with Gasteiger partial charge in [0.05, 0.1) is 6.10 Å². The zero-order valence-electron chi connectivity index (χ0n) is 8.40. The lowest BCUT2D eigenvalue weighted by atomic mass is 10.0. The van der Waals surface area contributed by atoms with E-state index in [0.717, 1.165) is 12.0 Å². The molecule has 1 aromatic carbocycles. The van der Waals surface area contributed by atoms with Crippen molar-refractivity contribution in [2.75, 3.05) is 6.54 Å². The van der Waals surface area contributed by atoms with Gasteiger partial charge in [-0.05, 0) is 24.9 Å². The Hall–Kier alpha value is -1.06. The number of aromatic hydroxyl groups is 1. The van der Waals surface area contributed by atoms with E-state index in [4.69, 9.17) is 5.73 Å². The van der Waals surface area contributed by atoms with Gasteiger partial charge in [-0.2, -0.15) is 0 Å². The van der Waals surface area contributed by atoms with Crippen molar-refractivity contribution in [1.29, 1.82) is 0 Å². The number of nitrogens with two attached hydrogens (primary N) is 1. The van der Waals surface area contributed by atoms with Gasteiger partial charge >= 0.3 is 0 Å². The molecule has 0 bridgehead atoms. The van der Waals surface area contributed by atoms with Crippen LogP contribution < -0.4 is 5.73 Å². The van der Waals surface area contributed by atoms with Crippen LogP contribution in [0.25, 0.3) is 0 Å². The molecule has 0 saturated heterocycles. The molecule has 0 aliphatic heterocycles. The smallest absolute Gasteiger partial charge is 0.124 e. The second kappa shape index (κ2) is 4.98. The lowest BCUT2D eigenvalue weighted by Gasteiger charge is -2.13. The maximum atomic E-state index is 9.79. The van der Waals surface area contributed by atoms with E-state index in [1.807, 2.05) is 19.1 Å². The Morgan fingerprint density at radius 2 is 2.14 bits per heavy atom. The highest BCUT2D eigenvalue weighted by atomic mass is 16.3. The maximum Gasteiger partial charge on any atom is 0.124 e. The van der Waals surface area contributed by atoms with E-state index < -0.39 is 6.10 Å². The van der Waals surface area contributed by atoms with Crippen molar-refractivity contribution in [2.24, 2.45) is 5.73 Å². The van der Waals surface area contributed by atoms with Crippen LogP contribution in [-0.2, 0) is 6.42 Å². The molecule has 0 aliphatic carbocycles. The molecule has 0 amide bonds. The fourth-order valence-corrected chi connectivity index (χ4v) is 1.48. The van der Waals surface area contributed by atoms with Gasteiger partial charge < -0.3 is 15.9 Å². The first-order valence-electron chi connectivity index (χ1n) is 4.89. The number of para-hydroxylation sites is 1. The maximum absolute atomic E-state index is 9.79. The van der Waals surface area contributed by atoms with E-state index in [9.17, 15) is 10.2 Å². The third kappa shape index (κ3) is 2.25. The van der Waals surface area contributed by atoms with Crippen molar-refractivity contribution in [1.82, 2.24) is 0 Å². The molecule has 3 nitrogen and oxygen atoms in total. The molecule has 3 heteroatoms. The molecule has 14 heavy (non-hydrogen) atoms. The molecule has 0 saturated carbocycles. The third-order valence-corrected chi connectivity index (χ3v) is 2.33. The Bertz CT molecular complexity index is 299. The summed E-state index contributed by atoms with van der Waals surface area (Å²) in [5.41, 5.74) is 6.78. The van der Waals surface area contributed by atoms with E-state index in [1.54, 1.807) is 6.07 Å². The van der Waals surface area contributed by atoms with E-state index in [2.05, 4.69) is 0 Å². The van der Waals surface area contributed by atoms with Gasteiger partial charge in [-0.1, -0.05) is 25.1 Å². The van der Waals surface area contributed by atoms with Gasteiger partial charge in [-0.15, -0.1) is 0 Å². The summed E-state index contributed by atoms with van der Waals surface area (Å²) in [7, 11) is 0. The predicted molar refractivity (Wildman–Crippen MR) is 56.1 cm³/mol. The van der Waals surface area contributed by atoms with Crippen LogP contribution in [0.5, 0.6) is 5.75 Å². The molecule has 0 aliphatic rings. The average molecular weight is 195 g/mol. The van der Waals surface area contributed by atoms with Crippen molar-refractivity contribution < 1.29 is 10.2 Å². The van der Waals surface area contributed by atoms with Gasteiger partial charge in [-0.25, -0.2) is 0 Å². The SMILES string of the molecule is CCc1cccc(C(O)CCN)c1O. The van der Waals surface area contributed by atoms with Crippen LogP contribution in [0.1, 0.15) is 30.6 Å². The molecule has 4 N–H and O–H groups in total. The van der Waals surface area contributed by atoms with Crippen molar-refractivity contribution in [2.45, 2.75) is 25.9 Å². The fraction of sp³-hybridized carbons (Fsp3) is 0.455. The van der Waals surface area contributed by atoms with Crippen LogP contribution in [0.2, 0.25) is 0 Å². The first-order chi connectivity index (χ1) is 6.70. The van der Waals surface area contributed by atoms with Gasteiger partial charge in [-0.3, -0.25) is 0 Å². The molecule has 0 heterocycles. The molecule has 1 aromatic rings. The molecule has 1 atom stereocenters. The van der Waals surface area contributed by atoms with E-state index >= 15 is 0 Å². The summed E-state index contributed by atoms with van der Waals surface area (Å²) < 4.78 is 0. The highest BCUT2D eigenvalue weighted by molar-refractivity contribution is 5.41. The van der Waals surface area contributed by atoms with Crippen LogP contribution in [-0.4, -0.2) is 16.8 Å². The summed E-state index contributed by atoms with van der Waals surface area (Å²) in [6, 6.07) is 5.43. The number of aliphatic hydroxyl groups is 1. The molecule has 0 aromatic heterocycles.